The highest BCUT2D eigenvalue weighted by atomic mass is 16.5. The Bertz CT molecular complexity index is 823. The van der Waals surface area contributed by atoms with Crippen LogP contribution in [0.1, 0.15) is 18.9 Å². The van der Waals surface area contributed by atoms with Crippen LogP contribution in [0.25, 0.3) is 11.3 Å². The summed E-state index contributed by atoms with van der Waals surface area (Å²) in [6.07, 6.45) is 2.52. The third-order valence-electron chi connectivity index (χ3n) is 4.93. The van der Waals surface area contributed by atoms with Crippen molar-refractivity contribution in [1.82, 2.24) is 4.57 Å². The van der Waals surface area contributed by atoms with Crippen molar-refractivity contribution in [3.63, 3.8) is 0 Å². The molecule has 0 bridgehead atoms. The van der Waals surface area contributed by atoms with Crippen LogP contribution in [0.3, 0.4) is 0 Å². The molecule has 23 heavy (non-hydrogen) atoms. The van der Waals surface area contributed by atoms with E-state index in [2.05, 4.69) is 5.32 Å². The van der Waals surface area contributed by atoms with Crippen LogP contribution < -0.4 is 5.32 Å². The van der Waals surface area contributed by atoms with Crippen molar-refractivity contribution in [1.29, 1.82) is 0 Å². The summed E-state index contributed by atoms with van der Waals surface area (Å²) in [5.74, 6) is -0.735. The van der Waals surface area contributed by atoms with Crippen LogP contribution in [0.2, 0.25) is 0 Å². The predicted molar refractivity (Wildman–Crippen MR) is 85.9 cm³/mol. The van der Waals surface area contributed by atoms with Crippen LogP contribution in [0.4, 0.5) is 5.69 Å². The fourth-order valence-corrected chi connectivity index (χ4v) is 3.64. The number of carbonyl (C=O) groups excluding carboxylic acids is 2. The highest BCUT2D eigenvalue weighted by Gasteiger charge is 2.68. The quantitative estimate of drug-likeness (QED) is 0.886. The van der Waals surface area contributed by atoms with Crippen molar-refractivity contribution in [3.8, 4) is 11.3 Å². The van der Waals surface area contributed by atoms with E-state index in [1.54, 1.807) is 6.92 Å². The normalized spacial score (nSPS) is 24.4. The summed E-state index contributed by atoms with van der Waals surface area (Å²) in [4.78, 5) is 24.6. The Morgan fingerprint density at radius 3 is 2.96 bits per heavy atom. The lowest BCUT2D eigenvalue weighted by atomic mass is 9.92. The van der Waals surface area contributed by atoms with Crippen LogP contribution in [-0.4, -0.2) is 23.1 Å². The number of nitrogens with zero attached hydrogens (tertiary/aromatic N) is 1. The first kappa shape index (κ1) is 14.1. The van der Waals surface area contributed by atoms with Gasteiger partial charge in [-0.15, -0.1) is 0 Å². The second-order valence-corrected chi connectivity index (χ2v) is 6.20. The zero-order chi connectivity index (χ0) is 16.2. The lowest BCUT2D eigenvalue weighted by Gasteiger charge is -2.10. The van der Waals surface area contributed by atoms with Gasteiger partial charge in [-0.2, -0.15) is 0 Å². The SMILES string of the molecule is CCOC(=O)[C@H]1C[C@]12C(=O)Nc1ccc(-c3cccn3C)cc12. The number of esters is 1. The molecule has 5 heteroatoms. The Kier molecular flexibility index (Phi) is 2.88. The molecular weight excluding hydrogens is 292 g/mol. The molecule has 2 aliphatic rings. The lowest BCUT2D eigenvalue weighted by Crippen LogP contribution is -2.25. The van der Waals surface area contributed by atoms with Gasteiger partial charge >= 0.3 is 5.97 Å². The first-order valence-corrected chi connectivity index (χ1v) is 7.82. The number of fused-ring (bicyclic) bond motifs is 2. The van der Waals surface area contributed by atoms with E-state index in [9.17, 15) is 9.59 Å². The molecule has 1 amide bonds. The van der Waals surface area contributed by atoms with Crippen LogP contribution in [0.15, 0.2) is 36.5 Å². The summed E-state index contributed by atoms with van der Waals surface area (Å²) in [6, 6.07) is 9.97. The van der Waals surface area contributed by atoms with E-state index in [0.29, 0.717) is 13.0 Å². The summed E-state index contributed by atoms with van der Waals surface area (Å²) >= 11 is 0. The molecule has 5 nitrogen and oxygen atoms in total. The van der Waals surface area contributed by atoms with Crippen LogP contribution in [0, 0.1) is 5.92 Å². The van der Waals surface area contributed by atoms with Gasteiger partial charge in [0, 0.05) is 24.6 Å². The molecule has 2 heterocycles. The lowest BCUT2D eigenvalue weighted by molar-refractivity contribution is -0.146. The second-order valence-electron chi connectivity index (χ2n) is 6.20. The monoisotopic (exact) mass is 310 g/mol. The number of rotatable bonds is 3. The van der Waals surface area contributed by atoms with Crippen LogP contribution in [-0.2, 0) is 26.8 Å². The van der Waals surface area contributed by atoms with E-state index < -0.39 is 5.41 Å². The molecule has 1 N–H and O–H groups in total. The largest absolute Gasteiger partial charge is 0.466 e. The van der Waals surface area contributed by atoms with Crippen molar-refractivity contribution in [3.05, 3.63) is 42.1 Å². The zero-order valence-corrected chi connectivity index (χ0v) is 13.1. The molecule has 1 saturated carbocycles. The van der Waals surface area contributed by atoms with Crippen molar-refractivity contribution in [2.24, 2.45) is 13.0 Å². The predicted octanol–water partition coefficient (Wildman–Crippen LogP) is 2.47. The van der Waals surface area contributed by atoms with Crippen molar-refractivity contribution in [2.75, 3.05) is 11.9 Å². The molecule has 0 saturated heterocycles. The van der Waals surface area contributed by atoms with Crippen molar-refractivity contribution < 1.29 is 14.3 Å². The van der Waals surface area contributed by atoms with Crippen LogP contribution in [0.5, 0.6) is 0 Å². The minimum absolute atomic E-state index is 0.0883. The minimum Gasteiger partial charge on any atom is -0.466 e. The Morgan fingerprint density at radius 1 is 1.43 bits per heavy atom. The summed E-state index contributed by atoms with van der Waals surface area (Å²) in [5.41, 5.74) is 3.11. The highest BCUT2D eigenvalue weighted by molar-refractivity contribution is 6.12. The number of benzene rings is 1. The molecule has 0 radical (unpaired) electrons. The Hall–Kier alpha value is -2.56. The van der Waals surface area contributed by atoms with E-state index in [0.717, 1.165) is 22.5 Å². The topological polar surface area (TPSA) is 60.3 Å². The van der Waals surface area contributed by atoms with E-state index in [-0.39, 0.29) is 17.8 Å². The number of amides is 1. The van der Waals surface area contributed by atoms with Gasteiger partial charge < -0.3 is 14.6 Å². The van der Waals surface area contributed by atoms with Crippen LogP contribution >= 0.6 is 0 Å². The molecule has 118 valence electrons. The zero-order valence-electron chi connectivity index (χ0n) is 13.1. The molecule has 1 aromatic carbocycles. The number of hydrogen-bond donors (Lipinski definition) is 1. The number of carbonyl (C=O) groups is 2. The fourth-order valence-electron chi connectivity index (χ4n) is 3.64. The summed E-state index contributed by atoms with van der Waals surface area (Å²) in [5, 5.41) is 2.91. The Balaban J connectivity index is 1.76. The molecule has 1 aliphatic carbocycles. The smallest absolute Gasteiger partial charge is 0.310 e. The number of hydrogen-bond acceptors (Lipinski definition) is 3. The second kappa shape index (κ2) is 4.72. The molecule has 1 aliphatic heterocycles. The first-order valence-electron chi connectivity index (χ1n) is 7.82. The standard InChI is InChI=1S/C18H18N2O3/c1-3-23-16(21)13-10-18(13)12-9-11(15-5-4-8-20(15)2)6-7-14(12)19-17(18)22/h4-9,13H,3,10H2,1-2H3,(H,19,22)/t13-,18-/m1/s1. The van der Waals surface area contributed by atoms with Gasteiger partial charge in [0.25, 0.3) is 0 Å². The molecule has 1 aromatic heterocycles. The van der Waals surface area contributed by atoms with Gasteiger partial charge in [-0.3, -0.25) is 9.59 Å². The number of ether oxygens (including phenoxy) is 1. The number of aryl methyl sites for hydroxylation is 1. The summed E-state index contributed by atoms with van der Waals surface area (Å²) < 4.78 is 7.15. The molecule has 1 spiro atoms. The maximum absolute atomic E-state index is 12.5. The molecular formula is C18H18N2O3. The maximum atomic E-state index is 12.5. The van der Waals surface area contributed by atoms with Gasteiger partial charge in [-0.25, -0.2) is 0 Å². The molecule has 4 rings (SSSR count). The summed E-state index contributed by atoms with van der Waals surface area (Å²) in [6.45, 7) is 2.12. The fraction of sp³-hybridized carbons (Fsp3) is 0.333. The molecule has 2 atom stereocenters. The third-order valence-corrected chi connectivity index (χ3v) is 4.93. The Labute approximate surface area is 134 Å². The summed E-state index contributed by atoms with van der Waals surface area (Å²) in [7, 11) is 1.99. The average Bonchev–Trinajstić information content (AvgIpc) is 3.06. The first-order chi connectivity index (χ1) is 11.1. The molecule has 2 aromatic rings. The molecule has 1 fully saturated rings. The van der Waals surface area contributed by atoms with E-state index in [4.69, 9.17) is 4.74 Å². The van der Waals surface area contributed by atoms with Gasteiger partial charge in [0.15, 0.2) is 0 Å². The number of nitrogens with one attached hydrogen (secondary N) is 1. The van der Waals surface area contributed by atoms with Gasteiger partial charge in [0.1, 0.15) is 0 Å². The minimum atomic E-state index is -0.733. The third kappa shape index (κ3) is 1.86. The van der Waals surface area contributed by atoms with Crippen molar-refractivity contribution in [2.45, 2.75) is 18.8 Å². The molecule has 0 unspecified atom stereocenters. The van der Waals surface area contributed by atoms with Gasteiger partial charge in [-0.1, -0.05) is 6.07 Å². The number of aromatic nitrogens is 1. The van der Waals surface area contributed by atoms with Gasteiger partial charge in [-0.05, 0) is 48.7 Å². The van der Waals surface area contributed by atoms with Gasteiger partial charge in [0.05, 0.1) is 17.9 Å². The van der Waals surface area contributed by atoms with E-state index >= 15 is 0 Å². The maximum Gasteiger partial charge on any atom is 0.310 e. The number of anilines is 1. The Morgan fingerprint density at radius 2 is 2.26 bits per heavy atom. The highest BCUT2D eigenvalue weighted by Crippen LogP contribution is 2.60. The average molecular weight is 310 g/mol. The van der Waals surface area contributed by atoms with E-state index in [1.807, 2.05) is 48.1 Å². The van der Waals surface area contributed by atoms with Crippen molar-refractivity contribution >= 4 is 17.6 Å². The van der Waals surface area contributed by atoms with E-state index in [1.165, 1.54) is 0 Å². The van der Waals surface area contributed by atoms with Gasteiger partial charge in [0.2, 0.25) is 5.91 Å².